The second-order valence-electron chi connectivity index (χ2n) is 10.6. The number of ether oxygens (including phenoxy) is 1. The van der Waals surface area contributed by atoms with Crippen molar-refractivity contribution < 1.29 is 36.2 Å². The summed E-state index contributed by atoms with van der Waals surface area (Å²) in [6.07, 6.45) is -4.90. The predicted octanol–water partition coefficient (Wildman–Crippen LogP) is 4.85. The molecule has 2 aromatic carbocycles. The van der Waals surface area contributed by atoms with Gasteiger partial charge in [-0.2, -0.15) is 13.2 Å². The molecule has 0 aliphatic carbocycles. The van der Waals surface area contributed by atoms with E-state index in [1.807, 2.05) is 18.9 Å². The van der Waals surface area contributed by atoms with Crippen molar-refractivity contribution in [2.75, 3.05) is 31.5 Å². The highest BCUT2D eigenvalue weighted by Gasteiger charge is 2.32. The second kappa shape index (κ2) is 13.0. The number of hydrogen-bond donors (Lipinski definition) is 2. The molecule has 4 rings (SSSR count). The molecule has 0 radical (unpaired) electrons. The fourth-order valence-corrected chi connectivity index (χ4v) is 6.86. The van der Waals surface area contributed by atoms with E-state index >= 15 is 0 Å². The number of anilines is 1. The van der Waals surface area contributed by atoms with E-state index in [-0.39, 0.29) is 34.7 Å². The molecule has 0 fully saturated rings. The van der Waals surface area contributed by atoms with Crippen LogP contribution in [0.25, 0.3) is 0 Å². The van der Waals surface area contributed by atoms with Crippen molar-refractivity contribution >= 4 is 33.0 Å². The minimum atomic E-state index is -4.41. The molecule has 8 nitrogen and oxygen atoms in total. The lowest BCUT2D eigenvalue weighted by Gasteiger charge is -2.34. The minimum Gasteiger partial charge on any atom is -0.488 e. The largest absolute Gasteiger partial charge is 0.488 e. The van der Waals surface area contributed by atoms with Crippen LogP contribution in [0.5, 0.6) is 5.75 Å². The molecule has 0 spiro atoms. The maximum Gasteiger partial charge on any atom is 0.416 e. The van der Waals surface area contributed by atoms with Crippen LogP contribution in [0.2, 0.25) is 0 Å². The number of alkyl halides is 3. The summed E-state index contributed by atoms with van der Waals surface area (Å²) in [5, 5.41) is 11.5. The minimum absolute atomic E-state index is 0.0604. The lowest BCUT2D eigenvalue weighted by atomic mass is 10.0. The Hall–Kier alpha value is -3.13. The number of thiophene rings is 1. The fraction of sp³-hybridized carbons (Fsp3) is 0.414. The normalized spacial score (nSPS) is 19.0. The topological polar surface area (TPSA) is 99.2 Å². The van der Waals surface area contributed by atoms with Crippen LogP contribution in [-0.2, 0) is 34.0 Å². The van der Waals surface area contributed by atoms with Crippen LogP contribution in [0.3, 0.4) is 0 Å². The van der Waals surface area contributed by atoms with Gasteiger partial charge in [0.15, 0.2) is 0 Å². The van der Waals surface area contributed by atoms with Gasteiger partial charge in [-0.25, -0.2) is 8.42 Å². The van der Waals surface area contributed by atoms with Gasteiger partial charge in [0.1, 0.15) is 16.1 Å². The van der Waals surface area contributed by atoms with Gasteiger partial charge in [-0.1, -0.05) is 25.1 Å². The number of halogens is 3. The zero-order valence-corrected chi connectivity index (χ0v) is 25.1. The van der Waals surface area contributed by atoms with Crippen LogP contribution in [0, 0.1) is 5.92 Å². The molecule has 228 valence electrons. The molecule has 1 aliphatic rings. The molecule has 2 N–H and O–H groups in total. The number of nitrogens with one attached hydrogen (secondary N) is 1. The summed E-state index contributed by atoms with van der Waals surface area (Å²) >= 11 is 1.09. The predicted molar refractivity (Wildman–Crippen MR) is 155 cm³/mol. The van der Waals surface area contributed by atoms with Crippen LogP contribution in [0.15, 0.2) is 64.2 Å². The number of rotatable bonds is 9. The van der Waals surface area contributed by atoms with Crippen LogP contribution < -0.4 is 9.46 Å². The third-order valence-electron chi connectivity index (χ3n) is 7.15. The molecule has 2 heterocycles. The molecular weight excluding hydrogens is 591 g/mol. The molecule has 0 saturated carbocycles. The molecule has 42 heavy (non-hydrogen) atoms. The Labute approximate surface area is 247 Å². The van der Waals surface area contributed by atoms with Crippen LogP contribution in [-0.4, -0.2) is 68.1 Å². The van der Waals surface area contributed by atoms with Crippen LogP contribution >= 0.6 is 11.3 Å². The summed E-state index contributed by atoms with van der Waals surface area (Å²) in [7, 11) is -1.97. The number of amides is 1. The molecule has 3 atom stereocenters. The first-order chi connectivity index (χ1) is 19.8. The summed E-state index contributed by atoms with van der Waals surface area (Å²) in [6, 6.07) is 12.5. The SMILES string of the molecule is C[C@@H]1CN([C@@H](C)CO)C(=O)Cc2cc(NS(=O)(=O)c3cccs3)ccc2O[C@@H]1CN(C)Cc1ccc(C(F)(F)F)cc1. The average molecular weight is 626 g/mol. The van der Waals surface area contributed by atoms with Crippen molar-refractivity contribution in [2.45, 2.75) is 49.3 Å². The van der Waals surface area contributed by atoms with Crippen molar-refractivity contribution in [1.29, 1.82) is 0 Å². The quantitative estimate of drug-likeness (QED) is 0.353. The number of carbonyl (C=O) groups is 1. The van der Waals surface area contributed by atoms with Crippen molar-refractivity contribution in [3.05, 3.63) is 76.7 Å². The standard InChI is InChI=1S/C29H34F3N3O5S2/c1-19-15-35(20(2)18-36)27(37)14-22-13-24(33-42(38,39)28-5-4-12-41-28)10-11-25(22)40-26(19)17-34(3)16-21-6-8-23(9-7-21)29(30,31)32/h4-13,19-20,26,33,36H,14-18H2,1-3H3/t19-,20+,26-/m1/s1. The number of nitrogens with zero attached hydrogens (tertiary/aromatic N) is 2. The van der Waals surface area contributed by atoms with Crippen molar-refractivity contribution in [2.24, 2.45) is 5.92 Å². The molecule has 1 aliphatic heterocycles. The van der Waals surface area contributed by atoms with E-state index in [0.717, 1.165) is 23.5 Å². The first-order valence-corrected chi connectivity index (χ1v) is 15.7. The molecule has 13 heteroatoms. The number of aliphatic hydroxyl groups excluding tert-OH is 1. The third-order valence-corrected chi connectivity index (χ3v) is 9.93. The number of carbonyl (C=O) groups excluding carboxylic acids is 1. The van der Waals surface area contributed by atoms with Crippen molar-refractivity contribution in [3.8, 4) is 5.75 Å². The monoisotopic (exact) mass is 625 g/mol. The smallest absolute Gasteiger partial charge is 0.416 e. The van der Waals surface area contributed by atoms with Gasteiger partial charge >= 0.3 is 6.18 Å². The van der Waals surface area contributed by atoms with E-state index in [1.54, 1.807) is 41.5 Å². The van der Waals surface area contributed by atoms with E-state index in [4.69, 9.17) is 4.74 Å². The van der Waals surface area contributed by atoms with Gasteiger partial charge in [0, 0.05) is 36.8 Å². The Bertz CT molecular complexity index is 1460. The summed E-state index contributed by atoms with van der Waals surface area (Å²) in [5.41, 5.74) is 0.767. The first kappa shape index (κ1) is 31.8. The zero-order chi connectivity index (χ0) is 30.7. The summed E-state index contributed by atoms with van der Waals surface area (Å²) < 4.78 is 73.7. The number of sulfonamides is 1. The Morgan fingerprint density at radius 2 is 1.90 bits per heavy atom. The highest BCUT2D eigenvalue weighted by Crippen LogP contribution is 2.31. The maximum absolute atomic E-state index is 13.4. The summed E-state index contributed by atoms with van der Waals surface area (Å²) in [6.45, 7) is 4.54. The van der Waals surface area contributed by atoms with Gasteiger partial charge in [0.2, 0.25) is 5.91 Å². The lowest BCUT2D eigenvalue weighted by molar-refractivity contribution is -0.137. The van der Waals surface area contributed by atoms with Crippen LogP contribution in [0.4, 0.5) is 18.9 Å². The Balaban J connectivity index is 1.59. The number of fused-ring (bicyclic) bond motifs is 1. The Morgan fingerprint density at radius 1 is 1.19 bits per heavy atom. The summed E-state index contributed by atoms with van der Waals surface area (Å²) in [5.74, 6) is 0.0203. The average Bonchev–Trinajstić information content (AvgIpc) is 3.48. The molecule has 1 amide bonds. The number of hydrogen-bond acceptors (Lipinski definition) is 7. The summed E-state index contributed by atoms with van der Waals surface area (Å²) in [4.78, 5) is 17.0. The van der Waals surface area contributed by atoms with E-state index < -0.39 is 33.9 Å². The van der Waals surface area contributed by atoms with Crippen molar-refractivity contribution in [3.63, 3.8) is 0 Å². The Morgan fingerprint density at radius 3 is 2.52 bits per heavy atom. The molecular formula is C29H34F3N3O5S2. The number of aliphatic hydroxyl groups is 1. The van der Waals surface area contributed by atoms with E-state index in [2.05, 4.69) is 4.72 Å². The zero-order valence-electron chi connectivity index (χ0n) is 23.5. The first-order valence-electron chi connectivity index (χ1n) is 13.4. The molecule has 0 bridgehead atoms. The van der Waals surface area contributed by atoms with Gasteiger partial charge < -0.3 is 14.7 Å². The lowest BCUT2D eigenvalue weighted by Crippen LogP contribution is -2.47. The van der Waals surface area contributed by atoms with Crippen LogP contribution in [0.1, 0.15) is 30.5 Å². The second-order valence-corrected chi connectivity index (χ2v) is 13.5. The van der Waals surface area contributed by atoms with E-state index in [9.17, 15) is 31.5 Å². The van der Waals surface area contributed by atoms with E-state index in [1.165, 1.54) is 18.2 Å². The highest BCUT2D eigenvalue weighted by atomic mass is 32.2. The number of likely N-dealkylation sites (N-methyl/N-ethyl adjacent to an activating group) is 1. The van der Waals surface area contributed by atoms with Crippen molar-refractivity contribution in [1.82, 2.24) is 9.80 Å². The third kappa shape index (κ3) is 7.82. The Kier molecular flexibility index (Phi) is 9.86. The van der Waals surface area contributed by atoms with Gasteiger partial charge in [0.25, 0.3) is 10.0 Å². The molecule has 0 saturated heterocycles. The number of benzene rings is 2. The maximum atomic E-state index is 13.4. The molecule has 1 aromatic heterocycles. The van der Waals surface area contributed by atoms with Gasteiger partial charge in [0.05, 0.1) is 24.6 Å². The fourth-order valence-electron chi connectivity index (χ4n) is 4.82. The van der Waals surface area contributed by atoms with E-state index in [0.29, 0.717) is 36.5 Å². The van der Waals surface area contributed by atoms with Gasteiger partial charge in [-0.15, -0.1) is 11.3 Å². The highest BCUT2D eigenvalue weighted by molar-refractivity contribution is 7.94. The molecule has 3 aromatic rings. The van der Waals surface area contributed by atoms with Gasteiger partial charge in [-0.05, 0) is 61.3 Å². The van der Waals surface area contributed by atoms with Gasteiger partial charge in [-0.3, -0.25) is 14.4 Å². The molecule has 0 unspecified atom stereocenters.